The maximum Gasteiger partial charge on any atom is 0.274 e. The van der Waals surface area contributed by atoms with Gasteiger partial charge in [0.05, 0.1) is 6.33 Å². The van der Waals surface area contributed by atoms with Crippen LogP contribution in [-0.4, -0.2) is 40.0 Å². The van der Waals surface area contributed by atoms with E-state index in [0.717, 1.165) is 13.1 Å². The summed E-state index contributed by atoms with van der Waals surface area (Å²) in [5, 5.41) is 0. The Morgan fingerprint density at radius 1 is 1.25 bits per heavy atom. The number of nitrogens with two attached hydrogens (primary N) is 1. The fourth-order valence-electron chi connectivity index (χ4n) is 3.71. The van der Waals surface area contributed by atoms with Crippen LogP contribution in [0.4, 0.5) is 0 Å². The lowest BCUT2D eigenvalue weighted by Gasteiger charge is -2.39. The zero-order valence-corrected chi connectivity index (χ0v) is 12.1. The van der Waals surface area contributed by atoms with E-state index in [-0.39, 0.29) is 5.91 Å². The van der Waals surface area contributed by atoms with Gasteiger partial charge in [-0.2, -0.15) is 0 Å². The first-order valence-electron chi connectivity index (χ1n) is 7.74. The van der Waals surface area contributed by atoms with Crippen LogP contribution in [0.2, 0.25) is 0 Å². The number of aromatic nitrogens is 2. The van der Waals surface area contributed by atoms with Gasteiger partial charge >= 0.3 is 0 Å². The normalized spacial score (nSPS) is 21.6. The molecular formula is C15H24N4O. The first kappa shape index (κ1) is 13.6. The van der Waals surface area contributed by atoms with Crippen molar-refractivity contribution in [2.45, 2.75) is 45.1 Å². The minimum Gasteiger partial charge on any atom is -0.337 e. The zero-order chi connectivity index (χ0) is 14.0. The molecule has 3 rings (SSSR count). The summed E-state index contributed by atoms with van der Waals surface area (Å²) in [4.78, 5) is 18.6. The van der Waals surface area contributed by atoms with Crippen molar-refractivity contribution in [3.8, 4) is 0 Å². The fraction of sp³-hybridized carbons (Fsp3) is 0.733. The van der Waals surface area contributed by atoms with E-state index in [0.29, 0.717) is 24.2 Å². The highest BCUT2D eigenvalue weighted by molar-refractivity contribution is 5.92. The molecule has 1 aromatic rings. The van der Waals surface area contributed by atoms with Gasteiger partial charge in [-0.25, -0.2) is 4.98 Å². The molecule has 1 saturated heterocycles. The number of nitrogens with zero attached hydrogens (tertiary/aromatic N) is 3. The van der Waals surface area contributed by atoms with Crippen molar-refractivity contribution < 1.29 is 4.79 Å². The molecule has 1 aliphatic heterocycles. The van der Waals surface area contributed by atoms with Crippen molar-refractivity contribution in [1.82, 2.24) is 14.5 Å². The van der Waals surface area contributed by atoms with Gasteiger partial charge in [-0.3, -0.25) is 4.79 Å². The van der Waals surface area contributed by atoms with E-state index in [1.54, 1.807) is 6.33 Å². The number of hydrogen-bond donors (Lipinski definition) is 1. The lowest BCUT2D eigenvalue weighted by Crippen LogP contribution is -2.42. The molecule has 1 amide bonds. The molecule has 2 N–H and O–H groups in total. The van der Waals surface area contributed by atoms with Gasteiger partial charge in [-0.15, -0.1) is 0 Å². The van der Waals surface area contributed by atoms with Gasteiger partial charge in [0.15, 0.2) is 0 Å². The molecule has 5 heteroatoms. The zero-order valence-electron chi connectivity index (χ0n) is 12.1. The van der Waals surface area contributed by atoms with Crippen LogP contribution in [0.25, 0.3) is 0 Å². The molecule has 1 aliphatic carbocycles. The highest BCUT2D eigenvalue weighted by Gasteiger charge is 2.38. The van der Waals surface area contributed by atoms with E-state index in [9.17, 15) is 4.79 Å². The maximum atomic E-state index is 12.4. The molecular weight excluding hydrogens is 252 g/mol. The van der Waals surface area contributed by atoms with Gasteiger partial charge in [0.25, 0.3) is 5.91 Å². The number of likely N-dealkylation sites (tertiary alicyclic amines) is 1. The second kappa shape index (κ2) is 5.56. The lowest BCUT2D eigenvalue weighted by molar-refractivity contribution is 0.0582. The van der Waals surface area contributed by atoms with Crippen LogP contribution in [0.5, 0.6) is 0 Å². The summed E-state index contributed by atoms with van der Waals surface area (Å²) >= 11 is 0. The number of piperidine rings is 1. The average molecular weight is 276 g/mol. The number of imidazole rings is 1. The largest absolute Gasteiger partial charge is 0.337 e. The molecule has 2 aliphatic rings. The second-order valence-corrected chi connectivity index (χ2v) is 6.28. The summed E-state index contributed by atoms with van der Waals surface area (Å²) in [6.07, 6.45) is 11.3. The molecule has 0 radical (unpaired) electrons. The molecule has 0 unspecified atom stereocenters. The van der Waals surface area contributed by atoms with Crippen molar-refractivity contribution in [1.29, 1.82) is 0 Å². The minimum absolute atomic E-state index is 0.0774. The van der Waals surface area contributed by atoms with E-state index < -0.39 is 0 Å². The smallest absolute Gasteiger partial charge is 0.274 e. The Bertz CT molecular complexity index is 466. The molecule has 1 saturated carbocycles. The monoisotopic (exact) mass is 276 g/mol. The third-order valence-corrected chi connectivity index (χ3v) is 5.02. The standard InChI is InChI=1S/C15H24N4O/c16-7-10-18-11-13(17-12-18)14(20)19-8-5-15(6-9-19)3-1-2-4-15/h11-12H,1-10,16H2. The average Bonchev–Trinajstić information content (AvgIpc) is 3.10. The van der Waals surface area contributed by atoms with Crippen molar-refractivity contribution in [3.63, 3.8) is 0 Å². The van der Waals surface area contributed by atoms with Gasteiger partial charge < -0.3 is 15.2 Å². The Balaban J connectivity index is 1.60. The Morgan fingerprint density at radius 2 is 1.95 bits per heavy atom. The van der Waals surface area contributed by atoms with Crippen LogP contribution in [0, 0.1) is 5.41 Å². The van der Waals surface area contributed by atoms with E-state index in [2.05, 4.69) is 4.98 Å². The molecule has 2 heterocycles. The number of carbonyl (C=O) groups excluding carboxylic acids is 1. The summed E-state index contributed by atoms with van der Waals surface area (Å²) in [6.45, 7) is 3.06. The number of hydrogen-bond acceptors (Lipinski definition) is 3. The molecule has 0 bridgehead atoms. The predicted molar refractivity (Wildman–Crippen MR) is 77.3 cm³/mol. The molecule has 1 aromatic heterocycles. The molecule has 5 nitrogen and oxygen atoms in total. The number of amides is 1. The minimum atomic E-state index is 0.0774. The Hall–Kier alpha value is -1.36. The van der Waals surface area contributed by atoms with Gasteiger partial charge in [-0.1, -0.05) is 12.8 Å². The van der Waals surface area contributed by atoms with Crippen LogP contribution in [0.3, 0.4) is 0 Å². The van der Waals surface area contributed by atoms with E-state index in [1.165, 1.54) is 38.5 Å². The first-order chi connectivity index (χ1) is 9.72. The summed E-state index contributed by atoms with van der Waals surface area (Å²) in [5.41, 5.74) is 6.62. The van der Waals surface area contributed by atoms with Crippen LogP contribution < -0.4 is 5.73 Å². The van der Waals surface area contributed by atoms with E-state index in [4.69, 9.17) is 5.73 Å². The SMILES string of the molecule is NCCn1cnc(C(=O)N2CCC3(CCCC3)CC2)c1. The van der Waals surface area contributed by atoms with Crippen molar-refractivity contribution in [3.05, 3.63) is 18.2 Å². The molecule has 0 aromatic carbocycles. The molecule has 2 fully saturated rings. The highest BCUT2D eigenvalue weighted by atomic mass is 16.2. The van der Waals surface area contributed by atoms with Crippen LogP contribution in [0.15, 0.2) is 12.5 Å². The van der Waals surface area contributed by atoms with Crippen LogP contribution >= 0.6 is 0 Å². The van der Waals surface area contributed by atoms with Crippen LogP contribution in [0.1, 0.15) is 49.0 Å². The van der Waals surface area contributed by atoms with Gasteiger partial charge in [0.1, 0.15) is 5.69 Å². The summed E-state index contributed by atoms with van der Waals surface area (Å²) in [6, 6.07) is 0. The highest BCUT2D eigenvalue weighted by Crippen LogP contribution is 2.46. The second-order valence-electron chi connectivity index (χ2n) is 6.28. The summed E-state index contributed by atoms with van der Waals surface area (Å²) in [5.74, 6) is 0.0774. The van der Waals surface area contributed by atoms with E-state index >= 15 is 0 Å². The van der Waals surface area contributed by atoms with Gasteiger partial charge in [-0.05, 0) is 31.1 Å². The Morgan fingerprint density at radius 3 is 2.60 bits per heavy atom. The Kier molecular flexibility index (Phi) is 3.78. The summed E-state index contributed by atoms with van der Waals surface area (Å²) < 4.78 is 1.88. The molecule has 1 spiro atoms. The lowest BCUT2D eigenvalue weighted by atomic mass is 9.77. The number of rotatable bonds is 3. The topological polar surface area (TPSA) is 64.2 Å². The van der Waals surface area contributed by atoms with Crippen molar-refractivity contribution in [2.24, 2.45) is 11.1 Å². The molecule has 20 heavy (non-hydrogen) atoms. The van der Waals surface area contributed by atoms with Crippen molar-refractivity contribution in [2.75, 3.05) is 19.6 Å². The van der Waals surface area contributed by atoms with Gasteiger partial charge in [0.2, 0.25) is 0 Å². The predicted octanol–water partition coefficient (Wildman–Crippen LogP) is 1.64. The first-order valence-corrected chi connectivity index (χ1v) is 7.74. The fourth-order valence-corrected chi connectivity index (χ4v) is 3.71. The molecule has 0 atom stereocenters. The number of carbonyl (C=O) groups is 1. The van der Waals surface area contributed by atoms with Crippen molar-refractivity contribution >= 4 is 5.91 Å². The maximum absolute atomic E-state index is 12.4. The molecule has 110 valence electrons. The third-order valence-electron chi connectivity index (χ3n) is 5.02. The quantitative estimate of drug-likeness (QED) is 0.912. The third kappa shape index (κ3) is 2.59. The van der Waals surface area contributed by atoms with Gasteiger partial charge in [0, 0.05) is 32.4 Å². The Labute approximate surface area is 120 Å². The van der Waals surface area contributed by atoms with Crippen LogP contribution in [-0.2, 0) is 6.54 Å². The van der Waals surface area contributed by atoms with E-state index in [1.807, 2.05) is 15.7 Å². The summed E-state index contributed by atoms with van der Waals surface area (Å²) in [7, 11) is 0.